The minimum absolute atomic E-state index is 0.234. The molecule has 0 aliphatic carbocycles. The summed E-state index contributed by atoms with van der Waals surface area (Å²) in [6, 6.07) is 5.99. The first-order valence-electron chi connectivity index (χ1n) is 6.44. The number of rotatable bonds is 2. The molecule has 2 aromatic rings. The van der Waals surface area contributed by atoms with Crippen LogP contribution in [-0.2, 0) is 20.1 Å². The van der Waals surface area contributed by atoms with Gasteiger partial charge in [-0.15, -0.1) is 0 Å². The van der Waals surface area contributed by atoms with Gasteiger partial charge in [-0.05, 0) is 30.3 Å². The topological polar surface area (TPSA) is 76.2 Å². The van der Waals surface area contributed by atoms with Gasteiger partial charge in [0.2, 0.25) is 0 Å². The van der Waals surface area contributed by atoms with Gasteiger partial charge in [0.25, 0.3) is 5.91 Å². The summed E-state index contributed by atoms with van der Waals surface area (Å²) in [5.41, 5.74) is 9.54. The van der Waals surface area contributed by atoms with Crippen LogP contribution in [0.3, 0.4) is 0 Å². The zero-order chi connectivity index (χ0) is 14.3. The highest BCUT2D eigenvalue weighted by atomic mass is 16.1. The molecule has 3 rings (SSSR count). The fraction of sp³-hybridized carbons (Fsp3) is 0.286. The van der Waals surface area contributed by atoms with Gasteiger partial charge >= 0.3 is 0 Å². The zero-order valence-corrected chi connectivity index (χ0v) is 11.6. The van der Waals surface area contributed by atoms with Gasteiger partial charge in [0, 0.05) is 25.8 Å². The number of nitrogen functional groups attached to an aromatic ring is 1. The van der Waals surface area contributed by atoms with E-state index in [-0.39, 0.29) is 5.91 Å². The van der Waals surface area contributed by atoms with Crippen LogP contribution in [0.15, 0.2) is 24.4 Å². The molecule has 0 bridgehead atoms. The summed E-state index contributed by atoms with van der Waals surface area (Å²) in [5, 5.41) is 6.84. The van der Waals surface area contributed by atoms with Crippen LogP contribution in [0.25, 0.3) is 0 Å². The molecule has 104 valence electrons. The van der Waals surface area contributed by atoms with Gasteiger partial charge in [0.15, 0.2) is 0 Å². The van der Waals surface area contributed by atoms with Crippen LogP contribution in [0.2, 0.25) is 0 Å². The highest BCUT2D eigenvalue weighted by Crippen LogP contribution is 2.25. The second kappa shape index (κ2) is 4.64. The molecule has 0 unspecified atom stereocenters. The van der Waals surface area contributed by atoms with Gasteiger partial charge in [0.1, 0.15) is 11.4 Å². The molecule has 0 saturated heterocycles. The molecular weight excluding hydrogens is 254 g/mol. The van der Waals surface area contributed by atoms with E-state index in [1.807, 2.05) is 12.1 Å². The van der Waals surface area contributed by atoms with Crippen LogP contribution < -0.4 is 11.1 Å². The number of carbonyl (C=O) groups is 1. The Morgan fingerprint density at radius 1 is 1.30 bits per heavy atom. The van der Waals surface area contributed by atoms with Crippen molar-refractivity contribution in [2.24, 2.45) is 7.05 Å². The predicted molar refractivity (Wildman–Crippen MR) is 77.2 cm³/mol. The Hall–Kier alpha value is -2.34. The average Bonchev–Trinajstić information content (AvgIpc) is 2.92. The first-order chi connectivity index (χ1) is 9.54. The summed E-state index contributed by atoms with van der Waals surface area (Å²) in [6.07, 6.45) is 1.48. The van der Waals surface area contributed by atoms with Crippen molar-refractivity contribution in [2.75, 3.05) is 18.1 Å². The van der Waals surface area contributed by atoms with E-state index in [1.165, 1.54) is 22.0 Å². The van der Waals surface area contributed by atoms with Crippen LogP contribution >= 0.6 is 0 Å². The van der Waals surface area contributed by atoms with Crippen molar-refractivity contribution >= 4 is 17.4 Å². The fourth-order valence-electron chi connectivity index (χ4n) is 2.46. The molecule has 0 radical (unpaired) electrons. The number of nitrogens with two attached hydrogens (primary N) is 1. The van der Waals surface area contributed by atoms with E-state index in [0.29, 0.717) is 11.4 Å². The van der Waals surface area contributed by atoms with Crippen LogP contribution in [0, 0.1) is 0 Å². The van der Waals surface area contributed by atoms with Gasteiger partial charge in [-0.3, -0.25) is 14.4 Å². The fourth-order valence-corrected chi connectivity index (χ4v) is 2.46. The number of nitrogens with one attached hydrogen (secondary N) is 1. The van der Waals surface area contributed by atoms with Gasteiger partial charge in [-0.1, -0.05) is 6.07 Å². The van der Waals surface area contributed by atoms with Crippen molar-refractivity contribution in [3.63, 3.8) is 0 Å². The Morgan fingerprint density at radius 2 is 2.05 bits per heavy atom. The van der Waals surface area contributed by atoms with E-state index in [4.69, 9.17) is 5.73 Å². The first kappa shape index (κ1) is 12.7. The Balaban J connectivity index is 1.80. The maximum atomic E-state index is 12.2. The Labute approximate surface area is 117 Å². The van der Waals surface area contributed by atoms with Crippen molar-refractivity contribution in [2.45, 2.75) is 13.1 Å². The smallest absolute Gasteiger partial charge is 0.261 e. The maximum Gasteiger partial charge on any atom is 0.261 e. The van der Waals surface area contributed by atoms with Crippen LogP contribution in [0.4, 0.5) is 11.5 Å². The lowest BCUT2D eigenvalue weighted by Crippen LogP contribution is -2.14. The molecule has 1 aromatic carbocycles. The second-order valence-corrected chi connectivity index (χ2v) is 5.18. The SMILES string of the molecule is CN1Cc2ccc(NC(=O)c3cnn(C)c3N)cc2C1. The number of amides is 1. The number of hydrogen-bond donors (Lipinski definition) is 2. The number of aryl methyl sites for hydroxylation is 1. The minimum atomic E-state index is -0.234. The number of benzene rings is 1. The molecule has 0 spiro atoms. The quantitative estimate of drug-likeness (QED) is 0.860. The molecule has 1 aliphatic heterocycles. The number of anilines is 2. The van der Waals surface area contributed by atoms with Crippen molar-refractivity contribution in [3.05, 3.63) is 41.1 Å². The Morgan fingerprint density at radius 3 is 2.75 bits per heavy atom. The van der Waals surface area contributed by atoms with E-state index >= 15 is 0 Å². The van der Waals surface area contributed by atoms with Crippen LogP contribution in [-0.4, -0.2) is 27.6 Å². The first-order valence-corrected chi connectivity index (χ1v) is 6.44. The standard InChI is InChI=1S/C14H17N5O/c1-18-7-9-3-4-11(5-10(9)8-18)17-14(20)12-6-16-19(2)13(12)15/h3-6H,7-8,15H2,1-2H3,(H,17,20). The third-order valence-corrected chi connectivity index (χ3v) is 3.57. The molecule has 1 amide bonds. The van der Waals surface area contributed by atoms with E-state index in [0.717, 1.165) is 18.8 Å². The van der Waals surface area contributed by atoms with E-state index in [2.05, 4.69) is 28.4 Å². The zero-order valence-electron chi connectivity index (χ0n) is 11.6. The normalized spacial score (nSPS) is 14.3. The molecule has 0 atom stereocenters. The van der Waals surface area contributed by atoms with E-state index in [9.17, 15) is 4.79 Å². The lowest BCUT2D eigenvalue weighted by Gasteiger charge is -2.06. The van der Waals surface area contributed by atoms with Crippen LogP contribution in [0.1, 0.15) is 21.5 Å². The summed E-state index contributed by atoms with van der Waals surface area (Å²) in [5.74, 6) is 0.130. The molecular formula is C14H17N5O. The molecule has 1 aromatic heterocycles. The molecule has 20 heavy (non-hydrogen) atoms. The van der Waals surface area contributed by atoms with Crippen molar-refractivity contribution < 1.29 is 4.79 Å². The van der Waals surface area contributed by atoms with Gasteiger partial charge in [-0.2, -0.15) is 5.10 Å². The summed E-state index contributed by atoms with van der Waals surface area (Å²) < 4.78 is 1.48. The summed E-state index contributed by atoms with van der Waals surface area (Å²) >= 11 is 0. The third kappa shape index (κ3) is 2.14. The third-order valence-electron chi connectivity index (χ3n) is 3.57. The molecule has 3 N–H and O–H groups in total. The monoisotopic (exact) mass is 271 g/mol. The maximum absolute atomic E-state index is 12.2. The molecule has 6 nitrogen and oxygen atoms in total. The Bertz CT molecular complexity index is 676. The second-order valence-electron chi connectivity index (χ2n) is 5.18. The summed E-state index contributed by atoms with van der Waals surface area (Å²) in [4.78, 5) is 14.4. The van der Waals surface area contributed by atoms with Crippen molar-refractivity contribution in [1.29, 1.82) is 0 Å². The molecule has 1 aliphatic rings. The molecule has 6 heteroatoms. The van der Waals surface area contributed by atoms with Crippen LogP contribution in [0.5, 0.6) is 0 Å². The number of hydrogen-bond acceptors (Lipinski definition) is 4. The van der Waals surface area contributed by atoms with Gasteiger partial charge < -0.3 is 11.1 Å². The Kier molecular flexibility index (Phi) is 2.94. The molecule has 2 heterocycles. The van der Waals surface area contributed by atoms with Crippen molar-refractivity contribution in [3.8, 4) is 0 Å². The van der Waals surface area contributed by atoms with E-state index < -0.39 is 0 Å². The summed E-state index contributed by atoms with van der Waals surface area (Å²) in [7, 11) is 3.78. The van der Waals surface area contributed by atoms with Crippen molar-refractivity contribution in [1.82, 2.24) is 14.7 Å². The number of carbonyl (C=O) groups excluding carboxylic acids is 1. The average molecular weight is 271 g/mol. The number of fused-ring (bicyclic) bond motifs is 1. The highest BCUT2D eigenvalue weighted by molar-refractivity contribution is 6.07. The number of aromatic nitrogens is 2. The number of nitrogens with zero attached hydrogens (tertiary/aromatic N) is 3. The van der Waals surface area contributed by atoms with Gasteiger partial charge in [-0.25, -0.2) is 0 Å². The molecule has 0 saturated carbocycles. The summed E-state index contributed by atoms with van der Waals surface area (Å²) in [6.45, 7) is 1.87. The lowest BCUT2D eigenvalue weighted by molar-refractivity contribution is 0.102. The molecule has 0 fully saturated rings. The lowest BCUT2D eigenvalue weighted by atomic mass is 10.1. The minimum Gasteiger partial charge on any atom is -0.383 e. The largest absolute Gasteiger partial charge is 0.383 e. The van der Waals surface area contributed by atoms with E-state index in [1.54, 1.807) is 7.05 Å². The van der Waals surface area contributed by atoms with Gasteiger partial charge in [0.05, 0.1) is 6.20 Å². The predicted octanol–water partition coefficient (Wildman–Crippen LogP) is 1.20. The highest BCUT2D eigenvalue weighted by Gasteiger charge is 2.17.